The van der Waals surface area contributed by atoms with Crippen molar-refractivity contribution in [2.45, 2.75) is 57.5 Å². The van der Waals surface area contributed by atoms with Gasteiger partial charge in [-0.3, -0.25) is 39.1 Å². The van der Waals surface area contributed by atoms with Crippen LogP contribution in [0.1, 0.15) is 70.4 Å². The van der Waals surface area contributed by atoms with Gasteiger partial charge in [0.25, 0.3) is 11.8 Å². The van der Waals surface area contributed by atoms with Crippen molar-refractivity contribution in [3.63, 3.8) is 0 Å². The smallest absolute Gasteiger partial charge is 0.262 e. The molecule has 3 saturated heterocycles. The summed E-state index contributed by atoms with van der Waals surface area (Å²) < 4.78 is 14.0. The van der Waals surface area contributed by atoms with Crippen molar-refractivity contribution in [3.05, 3.63) is 94.8 Å². The average molecular weight is 637 g/mol. The van der Waals surface area contributed by atoms with Crippen LogP contribution in [-0.4, -0.2) is 76.5 Å². The van der Waals surface area contributed by atoms with Gasteiger partial charge in [0.15, 0.2) is 0 Å². The number of rotatable bonds is 6. The standard InChI is InChI=1S/C37H37FN4O5/c38-29-7-2-1-4-26(29)22-32(44)41-20-16-37(17-21-41)14-18-40(19-15-37)23-24-8-10-25(11-9-24)27-5-3-6-28-33(27)36(47)42(35(28)46)30-12-13-31(43)39-34(30)45/h1-11,30H,12-23H2,(H,39,43,45). The molecule has 3 aromatic rings. The van der Waals surface area contributed by atoms with Crippen LogP contribution in [0, 0.1) is 11.2 Å². The van der Waals surface area contributed by atoms with Crippen molar-refractivity contribution in [1.29, 1.82) is 0 Å². The quantitative estimate of drug-likeness (QED) is 0.404. The Morgan fingerprint density at radius 3 is 2.19 bits per heavy atom. The van der Waals surface area contributed by atoms with Crippen molar-refractivity contribution in [2.24, 2.45) is 5.41 Å². The second-order valence-electron chi connectivity index (χ2n) is 13.3. The molecule has 3 aromatic carbocycles. The van der Waals surface area contributed by atoms with Gasteiger partial charge in [-0.15, -0.1) is 0 Å². The molecule has 1 N–H and O–H groups in total. The zero-order valence-corrected chi connectivity index (χ0v) is 26.2. The van der Waals surface area contributed by atoms with Gasteiger partial charge in [0, 0.05) is 26.1 Å². The van der Waals surface area contributed by atoms with Crippen LogP contribution in [0.2, 0.25) is 0 Å². The molecular weight excluding hydrogens is 599 g/mol. The number of imide groups is 2. The Morgan fingerprint density at radius 2 is 1.49 bits per heavy atom. The van der Waals surface area contributed by atoms with E-state index in [4.69, 9.17) is 0 Å². The highest BCUT2D eigenvalue weighted by molar-refractivity contribution is 6.25. The molecule has 0 aliphatic carbocycles. The number of hydrogen-bond acceptors (Lipinski definition) is 6. The molecule has 1 atom stereocenters. The van der Waals surface area contributed by atoms with Crippen LogP contribution >= 0.6 is 0 Å². The fraction of sp³-hybridized carbons (Fsp3) is 0.378. The predicted octanol–water partition coefficient (Wildman–Crippen LogP) is 4.34. The molecule has 7 rings (SSSR count). The Balaban J connectivity index is 0.948. The lowest BCUT2D eigenvalue weighted by atomic mass is 9.71. The van der Waals surface area contributed by atoms with Crippen LogP contribution in [0.4, 0.5) is 4.39 Å². The molecule has 0 saturated carbocycles. The minimum absolute atomic E-state index is 0.00565. The number of amides is 5. The number of nitrogens with one attached hydrogen (secondary N) is 1. The summed E-state index contributed by atoms with van der Waals surface area (Å²) in [6.07, 6.45) is 4.41. The SMILES string of the molecule is O=C1CCC(N2C(=O)c3cccc(-c4ccc(CN5CCC6(CC5)CCN(C(=O)Cc5ccccc5F)CC6)cc4)c3C2=O)C(=O)N1. The van der Waals surface area contributed by atoms with E-state index >= 15 is 0 Å². The molecule has 5 amide bonds. The first-order chi connectivity index (χ1) is 22.7. The molecule has 242 valence electrons. The average Bonchev–Trinajstić information content (AvgIpc) is 3.33. The van der Waals surface area contributed by atoms with Crippen LogP contribution < -0.4 is 5.32 Å². The predicted molar refractivity (Wildman–Crippen MR) is 171 cm³/mol. The number of hydrogen-bond donors (Lipinski definition) is 1. The molecule has 3 fully saturated rings. The van der Waals surface area contributed by atoms with Gasteiger partial charge in [0.2, 0.25) is 17.7 Å². The van der Waals surface area contributed by atoms with Crippen LogP contribution in [0.5, 0.6) is 0 Å². The minimum Gasteiger partial charge on any atom is -0.342 e. The Hall–Kier alpha value is -4.70. The highest BCUT2D eigenvalue weighted by Gasteiger charge is 2.45. The number of fused-ring (bicyclic) bond motifs is 1. The third-order valence-corrected chi connectivity index (χ3v) is 10.5. The Kier molecular flexibility index (Phi) is 8.21. The van der Waals surface area contributed by atoms with E-state index in [-0.39, 0.29) is 47.5 Å². The minimum atomic E-state index is -1.00. The van der Waals surface area contributed by atoms with E-state index in [0.717, 1.165) is 74.4 Å². The van der Waals surface area contributed by atoms with Gasteiger partial charge in [0.1, 0.15) is 11.9 Å². The zero-order chi connectivity index (χ0) is 32.7. The number of carbonyl (C=O) groups is 5. The van der Waals surface area contributed by atoms with Gasteiger partial charge in [-0.1, -0.05) is 54.6 Å². The topological polar surface area (TPSA) is 107 Å². The lowest BCUT2D eigenvalue weighted by Gasteiger charge is -2.47. The van der Waals surface area contributed by atoms with Crippen LogP contribution in [0.15, 0.2) is 66.7 Å². The van der Waals surface area contributed by atoms with Gasteiger partial charge in [-0.05, 0) is 85.0 Å². The molecule has 47 heavy (non-hydrogen) atoms. The van der Waals surface area contributed by atoms with E-state index in [2.05, 4.69) is 22.3 Å². The van der Waals surface area contributed by atoms with Crippen molar-refractivity contribution >= 4 is 29.5 Å². The molecule has 0 radical (unpaired) electrons. The maximum atomic E-state index is 14.0. The molecule has 10 heteroatoms. The summed E-state index contributed by atoms with van der Waals surface area (Å²) in [4.78, 5) is 69.0. The van der Waals surface area contributed by atoms with Gasteiger partial charge < -0.3 is 4.90 Å². The largest absolute Gasteiger partial charge is 0.342 e. The fourth-order valence-electron chi connectivity index (χ4n) is 7.64. The first kappa shape index (κ1) is 30.9. The molecule has 4 aliphatic rings. The first-order valence-electron chi connectivity index (χ1n) is 16.4. The second kappa shape index (κ2) is 12.5. The van der Waals surface area contributed by atoms with Crippen LogP contribution in [0.25, 0.3) is 11.1 Å². The van der Waals surface area contributed by atoms with Crippen molar-refractivity contribution in [1.82, 2.24) is 20.0 Å². The Bertz CT molecular complexity index is 1750. The lowest BCUT2D eigenvalue weighted by molar-refractivity contribution is -0.136. The molecule has 4 heterocycles. The monoisotopic (exact) mass is 636 g/mol. The van der Waals surface area contributed by atoms with Crippen molar-refractivity contribution < 1.29 is 28.4 Å². The van der Waals surface area contributed by atoms with Crippen molar-refractivity contribution in [3.8, 4) is 11.1 Å². The number of piperidine rings is 3. The molecule has 4 aliphatic heterocycles. The highest BCUT2D eigenvalue weighted by Crippen LogP contribution is 2.42. The maximum absolute atomic E-state index is 14.0. The lowest BCUT2D eigenvalue weighted by Crippen LogP contribution is -2.54. The number of likely N-dealkylation sites (tertiary alicyclic amines) is 2. The van der Waals surface area contributed by atoms with E-state index in [0.29, 0.717) is 11.1 Å². The van der Waals surface area contributed by atoms with Gasteiger partial charge >= 0.3 is 0 Å². The third-order valence-electron chi connectivity index (χ3n) is 10.5. The molecule has 9 nitrogen and oxygen atoms in total. The molecule has 0 aromatic heterocycles. The zero-order valence-electron chi connectivity index (χ0n) is 26.2. The highest BCUT2D eigenvalue weighted by atomic mass is 19.1. The summed E-state index contributed by atoms with van der Waals surface area (Å²) in [5.74, 6) is -2.38. The maximum Gasteiger partial charge on any atom is 0.262 e. The van der Waals surface area contributed by atoms with Gasteiger partial charge in [-0.25, -0.2) is 4.39 Å². The molecule has 0 bridgehead atoms. The Morgan fingerprint density at radius 1 is 0.809 bits per heavy atom. The molecule has 1 unspecified atom stereocenters. The Labute approximate surface area is 272 Å². The second-order valence-corrected chi connectivity index (χ2v) is 13.3. The van der Waals surface area contributed by atoms with E-state index < -0.39 is 29.7 Å². The third kappa shape index (κ3) is 5.98. The summed E-state index contributed by atoms with van der Waals surface area (Å²) >= 11 is 0. The number of nitrogens with zero attached hydrogens (tertiary/aromatic N) is 3. The summed E-state index contributed by atoms with van der Waals surface area (Å²) in [6.45, 7) is 4.19. The first-order valence-corrected chi connectivity index (χ1v) is 16.4. The number of halogens is 1. The normalized spacial score (nSPS) is 21.3. The summed E-state index contributed by atoms with van der Waals surface area (Å²) in [7, 11) is 0. The van der Waals surface area contributed by atoms with E-state index in [1.807, 2.05) is 23.1 Å². The van der Waals surface area contributed by atoms with E-state index in [1.165, 1.54) is 6.07 Å². The molecule has 1 spiro atoms. The summed E-state index contributed by atoms with van der Waals surface area (Å²) in [5, 5.41) is 2.24. The van der Waals surface area contributed by atoms with E-state index in [1.54, 1.807) is 30.3 Å². The summed E-state index contributed by atoms with van der Waals surface area (Å²) in [5.41, 5.74) is 3.85. The van der Waals surface area contributed by atoms with Crippen LogP contribution in [0.3, 0.4) is 0 Å². The van der Waals surface area contributed by atoms with Crippen molar-refractivity contribution in [2.75, 3.05) is 26.2 Å². The number of benzene rings is 3. The summed E-state index contributed by atoms with van der Waals surface area (Å²) in [6, 6.07) is 18.7. The van der Waals surface area contributed by atoms with E-state index in [9.17, 15) is 28.4 Å². The van der Waals surface area contributed by atoms with Gasteiger partial charge in [0.05, 0.1) is 17.5 Å². The van der Waals surface area contributed by atoms with Crippen LogP contribution in [-0.2, 0) is 27.3 Å². The molecular formula is C37H37FN4O5. The van der Waals surface area contributed by atoms with Gasteiger partial charge in [-0.2, -0.15) is 0 Å². The fourth-order valence-corrected chi connectivity index (χ4v) is 7.64. The number of carbonyl (C=O) groups excluding carboxylic acids is 5.